The zero-order valence-corrected chi connectivity index (χ0v) is 15.4. The molecule has 6 nitrogen and oxygen atoms in total. The Morgan fingerprint density at radius 2 is 1.86 bits per heavy atom. The maximum Gasteiger partial charge on any atom is 0.271 e. The lowest BCUT2D eigenvalue weighted by molar-refractivity contribution is 0.598. The Bertz CT molecular complexity index is 904. The van der Waals surface area contributed by atoms with E-state index in [0.29, 0.717) is 4.47 Å². The smallest absolute Gasteiger partial charge is 0.271 e. The van der Waals surface area contributed by atoms with E-state index in [2.05, 4.69) is 20.7 Å². The maximum absolute atomic E-state index is 12.4. The van der Waals surface area contributed by atoms with Crippen molar-refractivity contribution < 1.29 is 16.8 Å². The number of benzene rings is 1. The molecule has 1 heterocycles. The zero-order valence-electron chi connectivity index (χ0n) is 11.4. The monoisotopic (exact) mass is 424 g/mol. The van der Waals surface area contributed by atoms with E-state index in [-0.39, 0.29) is 14.8 Å². The molecular weight excluding hydrogens is 412 g/mol. The number of primary sulfonamides is 1. The Kier molecular flexibility index (Phi) is 4.97. The predicted octanol–water partition coefficient (Wildman–Crippen LogP) is 2.52. The molecule has 0 amide bonds. The average molecular weight is 425 g/mol. The summed E-state index contributed by atoms with van der Waals surface area (Å²) in [6.07, 6.45) is 0.722. The van der Waals surface area contributed by atoms with Crippen LogP contribution in [-0.4, -0.2) is 16.8 Å². The van der Waals surface area contributed by atoms with Crippen LogP contribution in [0.15, 0.2) is 43.9 Å². The highest BCUT2D eigenvalue weighted by Gasteiger charge is 2.22. The molecular formula is C12H13BrN2O4S3. The minimum absolute atomic E-state index is 0.0941. The third kappa shape index (κ3) is 3.87. The third-order valence-electron chi connectivity index (χ3n) is 2.74. The van der Waals surface area contributed by atoms with Crippen molar-refractivity contribution in [2.24, 2.45) is 5.14 Å². The molecule has 0 radical (unpaired) electrons. The second kappa shape index (κ2) is 6.28. The largest absolute Gasteiger partial charge is 0.278 e. The molecule has 0 fully saturated rings. The van der Waals surface area contributed by atoms with Crippen LogP contribution in [0.2, 0.25) is 0 Å². The second-order valence-electron chi connectivity index (χ2n) is 4.37. The number of thiophene rings is 1. The van der Waals surface area contributed by atoms with Gasteiger partial charge in [0, 0.05) is 9.35 Å². The summed E-state index contributed by atoms with van der Waals surface area (Å²) in [7, 11) is -7.92. The van der Waals surface area contributed by atoms with Crippen molar-refractivity contribution in [1.82, 2.24) is 0 Å². The van der Waals surface area contributed by atoms with Crippen molar-refractivity contribution in [2.75, 3.05) is 4.72 Å². The van der Waals surface area contributed by atoms with Crippen LogP contribution in [0.1, 0.15) is 11.8 Å². The van der Waals surface area contributed by atoms with E-state index >= 15 is 0 Å². The molecule has 120 valence electrons. The molecule has 0 aliphatic rings. The van der Waals surface area contributed by atoms with Crippen molar-refractivity contribution in [3.05, 3.63) is 39.7 Å². The van der Waals surface area contributed by atoms with Gasteiger partial charge in [0.15, 0.2) is 0 Å². The lowest BCUT2D eigenvalue weighted by Gasteiger charge is -2.11. The molecule has 2 aromatic rings. The molecule has 0 atom stereocenters. The van der Waals surface area contributed by atoms with E-state index in [9.17, 15) is 16.8 Å². The van der Waals surface area contributed by atoms with Crippen LogP contribution in [0.4, 0.5) is 5.69 Å². The SMILES string of the molecule is CCc1ccc(S(=O)(=O)Nc2cc(Br)ccc2S(N)(=O)=O)s1. The van der Waals surface area contributed by atoms with Crippen LogP contribution in [0, 0.1) is 0 Å². The van der Waals surface area contributed by atoms with Crippen molar-refractivity contribution >= 4 is 53.0 Å². The summed E-state index contributed by atoms with van der Waals surface area (Å²) < 4.78 is 50.8. The Balaban J connectivity index is 2.48. The maximum atomic E-state index is 12.4. The van der Waals surface area contributed by atoms with Gasteiger partial charge in [0.1, 0.15) is 9.10 Å². The van der Waals surface area contributed by atoms with Crippen LogP contribution in [-0.2, 0) is 26.5 Å². The topological polar surface area (TPSA) is 106 Å². The lowest BCUT2D eigenvalue weighted by Crippen LogP contribution is -2.18. The molecule has 0 bridgehead atoms. The van der Waals surface area contributed by atoms with Gasteiger partial charge < -0.3 is 0 Å². The molecule has 0 aliphatic heterocycles. The van der Waals surface area contributed by atoms with E-state index in [1.807, 2.05) is 6.92 Å². The first-order chi connectivity index (χ1) is 10.1. The number of nitrogens with two attached hydrogens (primary N) is 1. The first-order valence-electron chi connectivity index (χ1n) is 6.07. The molecule has 2 rings (SSSR count). The number of sulfonamides is 2. The fraction of sp³-hybridized carbons (Fsp3) is 0.167. The molecule has 0 aliphatic carbocycles. The van der Waals surface area contributed by atoms with Crippen LogP contribution in [0.3, 0.4) is 0 Å². The summed E-state index contributed by atoms with van der Waals surface area (Å²) in [5.41, 5.74) is -0.0941. The summed E-state index contributed by atoms with van der Waals surface area (Å²) in [6, 6.07) is 7.27. The highest BCUT2D eigenvalue weighted by molar-refractivity contribution is 9.10. The number of halogens is 1. The van der Waals surface area contributed by atoms with Crippen molar-refractivity contribution in [3.8, 4) is 0 Å². The van der Waals surface area contributed by atoms with Gasteiger partial charge in [-0.3, -0.25) is 4.72 Å². The molecule has 22 heavy (non-hydrogen) atoms. The van der Waals surface area contributed by atoms with E-state index in [1.54, 1.807) is 6.07 Å². The van der Waals surface area contributed by atoms with Crippen molar-refractivity contribution in [1.29, 1.82) is 0 Å². The van der Waals surface area contributed by atoms with Gasteiger partial charge in [-0.1, -0.05) is 22.9 Å². The Labute approximate surface area is 141 Å². The van der Waals surface area contributed by atoms with Gasteiger partial charge in [-0.15, -0.1) is 11.3 Å². The molecule has 0 saturated carbocycles. The van der Waals surface area contributed by atoms with Crippen molar-refractivity contribution in [2.45, 2.75) is 22.4 Å². The van der Waals surface area contributed by atoms with E-state index in [1.165, 1.54) is 24.3 Å². The number of rotatable bonds is 5. The summed E-state index contributed by atoms with van der Waals surface area (Å²) >= 11 is 4.31. The number of anilines is 1. The predicted molar refractivity (Wildman–Crippen MR) is 90.0 cm³/mol. The van der Waals surface area contributed by atoms with Gasteiger partial charge >= 0.3 is 0 Å². The average Bonchev–Trinajstić information content (AvgIpc) is 2.86. The Hall–Kier alpha value is -0.940. The highest BCUT2D eigenvalue weighted by Crippen LogP contribution is 2.29. The second-order valence-corrected chi connectivity index (χ2v) is 9.89. The minimum Gasteiger partial charge on any atom is -0.278 e. The molecule has 3 N–H and O–H groups in total. The lowest BCUT2D eigenvalue weighted by atomic mass is 10.3. The van der Waals surface area contributed by atoms with Gasteiger partial charge in [0.25, 0.3) is 10.0 Å². The highest BCUT2D eigenvalue weighted by atomic mass is 79.9. The zero-order chi connectivity index (χ0) is 16.5. The van der Waals surface area contributed by atoms with Crippen LogP contribution >= 0.6 is 27.3 Å². The van der Waals surface area contributed by atoms with Crippen LogP contribution in [0.25, 0.3) is 0 Å². The number of hydrogen-bond acceptors (Lipinski definition) is 5. The standard InChI is InChI=1S/C12H13BrN2O4S3/c1-2-9-4-6-12(20-9)22(18,19)15-10-7-8(13)3-5-11(10)21(14,16)17/h3-7,15H,2H2,1H3,(H2,14,16,17). The first-order valence-corrected chi connectivity index (χ1v) is 10.7. The number of aryl methyl sites for hydroxylation is 1. The molecule has 1 aromatic carbocycles. The summed E-state index contributed by atoms with van der Waals surface area (Å²) in [6.45, 7) is 1.92. The fourth-order valence-corrected chi connectivity index (χ4v) is 5.18. The van der Waals surface area contributed by atoms with Gasteiger partial charge in [-0.2, -0.15) is 0 Å². The molecule has 0 unspecified atom stereocenters. The van der Waals surface area contributed by atoms with E-state index in [0.717, 1.165) is 22.6 Å². The number of hydrogen-bond donors (Lipinski definition) is 2. The Morgan fingerprint density at radius 3 is 2.41 bits per heavy atom. The molecule has 1 aromatic heterocycles. The molecule has 10 heteroatoms. The van der Waals surface area contributed by atoms with E-state index in [4.69, 9.17) is 5.14 Å². The quantitative estimate of drug-likeness (QED) is 0.768. The molecule has 0 spiro atoms. The van der Waals surface area contributed by atoms with Gasteiger partial charge in [-0.05, 0) is 36.8 Å². The third-order valence-corrected chi connectivity index (χ3v) is 7.29. The van der Waals surface area contributed by atoms with E-state index < -0.39 is 20.0 Å². The van der Waals surface area contributed by atoms with Gasteiger partial charge in [0.05, 0.1) is 5.69 Å². The van der Waals surface area contributed by atoms with Crippen LogP contribution in [0.5, 0.6) is 0 Å². The van der Waals surface area contributed by atoms with Crippen LogP contribution < -0.4 is 9.86 Å². The Morgan fingerprint density at radius 1 is 1.18 bits per heavy atom. The number of nitrogens with one attached hydrogen (secondary N) is 1. The summed E-state index contributed by atoms with van der Waals surface area (Å²) in [5.74, 6) is 0. The first kappa shape index (κ1) is 17.4. The molecule has 0 saturated heterocycles. The van der Waals surface area contributed by atoms with Gasteiger partial charge in [-0.25, -0.2) is 22.0 Å². The summed E-state index contributed by atoms with van der Waals surface area (Å²) in [5, 5.41) is 5.12. The normalized spacial score (nSPS) is 12.3. The van der Waals surface area contributed by atoms with Crippen molar-refractivity contribution in [3.63, 3.8) is 0 Å². The summed E-state index contributed by atoms with van der Waals surface area (Å²) in [4.78, 5) is 0.632. The van der Waals surface area contributed by atoms with Gasteiger partial charge in [0.2, 0.25) is 10.0 Å². The minimum atomic E-state index is -4.05. The fourth-order valence-electron chi connectivity index (χ4n) is 1.72.